The lowest BCUT2D eigenvalue weighted by Gasteiger charge is -2.10. The van der Waals surface area contributed by atoms with E-state index in [1.807, 2.05) is 0 Å². The first-order chi connectivity index (χ1) is 9.22. The maximum atomic E-state index is 13.1. The monoisotopic (exact) mass is 262 g/mol. The van der Waals surface area contributed by atoms with Gasteiger partial charge in [0.05, 0.1) is 12.8 Å². The van der Waals surface area contributed by atoms with Gasteiger partial charge in [0.25, 0.3) is 0 Å². The molecule has 19 heavy (non-hydrogen) atoms. The number of hydrogen-bond donors (Lipinski definition) is 1. The van der Waals surface area contributed by atoms with E-state index in [1.54, 1.807) is 6.07 Å². The molecule has 0 aliphatic carbocycles. The van der Waals surface area contributed by atoms with Crippen LogP contribution >= 0.6 is 0 Å². The molecule has 1 aromatic carbocycles. The van der Waals surface area contributed by atoms with E-state index in [4.69, 9.17) is 4.74 Å². The molecule has 1 heterocycles. The Hall–Kier alpha value is -1.97. The van der Waals surface area contributed by atoms with Crippen LogP contribution in [0.5, 0.6) is 5.75 Å². The molecule has 0 fully saturated rings. The molecule has 2 rings (SSSR count). The number of halogens is 1. The van der Waals surface area contributed by atoms with Crippen molar-refractivity contribution in [2.24, 2.45) is 0 Å². The Balaban J connectivity index is 2.01. The number of ether oxygens (including phenoxy) is 1. The van der Waals surface area contributed by atoms with Crippen LogP contribution in [0.15, 0.2) is 36.7 Å². The number of aromatic nitrogens is 1. The highest BCUT2D eigenvalue weighted by molar-refractivity contribution is 5.56. The molecule has 0 saturated heterocycles. The Morgan fingerprint density at radius 1 is 1.32 bits per heavy atom. The number of anilines is 1. The van der Waals surface area contributed by atoms with Gasteiger partial charge in [-0.3, -0.25) is 0 Å². The topological polar surface area (TPSA) is 26.2 Å². The van der Waals surface area contributed by atoms with Gasteiger partial charge in [-0.1, -0.05) is 6.92 Å². The van der Waals surface area contributed by atoms with Gasteiger partial charge in [0.1, 0.15) is 11.6 Å². The Morgan fingerprint density at radius 3 is 2.89 bits per heavy atom. The SMILES string of the molecule is CCCn1ccc(CNc2ccc(F)cc2OC)c1. The highest BCUT2D eigenvalue weighted by Gasteiger charge is 2.04. The van der Waals surface area contributed by atoms with Gasteiger partial charge < -0.3 is 14.6 Å². The molecule has 3 nitrogen and oxygen atoms in total. The summed E-state index contributed by atoms with van der Waals surface area (Å²) >= 11 is 0. The van der Waals surface area contributed by atoms with Gasteiger partial charge in [-0.25, -0.2) is 4.39 Å². The third-order valence-corrected chi connectivity index (χ3v) is 2.94. The summed E-state index contributed by atoms with van der Waals surface area (Å²) in [4.78, 5) is 0. The molecule has 0 radical (unpaired) electrons. The van der Waals surface area contributed by atoms with Crippen LogP contribution in [-0.2, 0) is 13.1 Å². The minimum absolute atomic E-state index is 0.295. The predicted octanol–water partition coefficient (Wildman–Crippen LogP) is 3.66. The fraction of sp³-hybridized carbons (Fsp3) is 0.333. The Labute approximate surface area is 113 Å². The number of rotatable bonds is 6. The first-order valence-electron chi connectivity index (χ1n) is 6.45. The number of hydrogen-bond acceptors (Lipinski definition) is 2. The van der Waals surface area contributed by atoms with Gasteiger partial charge in [-0.2, -0.15) is 0 Å². The summed E-state index contributed by atoms with van der Waals surface area (Å²) in [5, 5.41) is 3.26. The zero-order chi connectivity index (χ0) is 13.7. The molecular weight excluding hydrogens is 243 g/mol. The molecule has 0 atom stereocenters. The minimum Gasteiger partial charge on any atom is -0.494 e. The number of nitrogens with zero attached hydrogens (tertiary/aromatic N) is 1. The van der Waals surface area contributed by atoms with E-state index in [1.165, 1.54) is 24.8 Å². The fourth-order valence-electron chi connectivity index (χ4n) is 2.00. The zero-order valence-corrected chi connectivity index (χ0v) is 11.3. The molecule has 0 spiro atoms. The minimum atomic E-state index is -0.295. The second-order valence-electron chi connectivity index (χ2n) is 4.46. The predicted molar refractivity (Wildman–Crippen MR) is 75.0 cm³/mol. The van der Waals surface area contributed by atoms with Gasteiger partial charge >= 0.3 is 0 Å². The Morgan fingerprint density at radius 2 is 2.16 bits per heavy atom. The lowest BCUT2D eigenvalue weighted by molar-refractivity contribution is 0.413. The molecule has 1 aromatic heterocycles. The number of nitrogens with one attached hydrogen (secondary N) is 1. The second kappa shape index (κ2) is 6.27. The van der Waals surface area contributed by atoms with Gasteiger partial charge in [-0.05, 0) is 30.2 Å². The summed E-state index contributed by atoms with van der Waals surface area (Å²) in [6.45, 7) is 3.87. The molecule has 4 heteroatoms. The van der Waals surface area contributed by atoms with E-state index in [9.17, 15) is 4.39 Å². The third-order valence-electron chi connectivity index (χ3n) is 2.94. The molecule has 102 valence electrons. The third kappa shape index (κ3) is 3.50. The number of aryl methyl sites for hydroxylation is 1. The molecule has 0 unspecified atom stereocenters. The van der Waals surface area contributed by atoms with Crippen molar-refractivity contribution >= 4 is 5.69 Å². The molecule has 1 N–H and O–H groups in total. The second-order valence-corrected chi connectivity index (χ2v) is 4.46. The van der Waals surface area contributed by atoms with Crippen molar-refractivity contribution in [2.75, 3.05) is 12.4 Å². The van der Waals surface area contributed by atoms with Crippen molar-refractivity contribution < 1.29 is 9.13 Å². The summed E-state index contributed by atoms with van der Waals surface area (Å²) < 4.78 is 20.4. The fourth-order valence-corrected chi connectivity index (χ4v) is 2.00. The molecule has 0 bridgehead atoms. The van der Waals surface area contributed by atoms with Crippen molar-refractivity contribution in [1.82, 2.24) is 4.57 Å². The number of methoxy groups -OCH3 is 1. The molecule has 0 saturated carbocycles. The molecule has 0 aliphatic heterocycles. The molecule has 0 amide bonds. The normalized spacial score (nSPS) is 10.5. The van der Waals surface area contributed by atoms with Gasteiger partial charge in [0.2, 0.25) is 0 Å². The summed E-state index contributed by atoms with van der Waals surface area (Å²) in [6.07, 6.45) is 5.31. The van der Waals surface area contributed by atoms with Crippen molar-refractivity contribution in [1.29, 1.82) is 0 Å². The summed E-state index contributed by atoms with van der Waals surface area (Å²) in [5.41, 5.74) is 1.99. The largest absolute Gasteiger partial charge is 0.494 e. The molecular formula is C15H19FN2O. The average molecular weight is 262 g/mol. The zero-order valence-electron chi connectivity index (χ0n) is 11.3. The van der Waals surface area contributed by atoms with Crippen molar-refractivity contribution in [3.8, 4) is 5.75 Å². The van der Waals surface area contributed by atoms with Crippen LogP contribution in [0, 0.1) is 5.82 Å². The van der Waals surface area contributed by atoms with Gasteiger partial charge in [0, 0.05) is 31.5 Å². The van der Waals surface area contributed by atoms with E-state index in [-0.39, 0.29) is 5.82 Å². The smallest absolute Gasteiger partial charge is 0.144 e. The van der Waals surface area contributed by atoms with Gasteiger partial charge in [0.15, 0.2) is 0 Å². The van der Waals surface area contributed by atoms with Crippen LogP contribution in [0.1, 0.15) is 18.9 Å². The van der Waals surface area contributed by atoms with Crippen LogP contribution in [0.4, 0.5) is 10.1 Å². The van der Waals surface area contributed by atoms with E-state index in [0.717, 1.165) is 18.7 Å². The lowest BCUT2D eigenvalue weighted by Crippen LogP contribution is -2.01. The first-order valence-corrected chi connectivity index (χ1v) is 6.45. The Kier molecular flexibility index (Phi) is 4.44. The Bertz CT molecular complexity index is 537. The van der Waals surface area contributed by atoms with E-state index < -0.39 is 0 Å². The summed E-state index contributed by atoms with van der Waals surface area (Å²) in [6, 6.07) is 6.58. The highest BCUT2D eigenvalue weighted by atomic mass is 19.1. The maximum absolute atomic E-state index is 13.1. The molecule has 0 aliphatic rings. The van der Waals surface area contributed by atoms with Crippen LogP contribution in [0.3, 0.4) is 0 Å². The van der Waals surface area contributed by atoms with Crippen LogP contribution in [0.25, 0.3) is 0 Å². The average Bonchev–Trinajstić information content (AvgIpc) is 2.85. The van der Waals surface area contributed by atoms with Crippen molar-refractivity contribution in [3.05, 3.63) is 48.0 Å². The van der Waals surface area contributed by atoms with E-state index >= 15 is 0 Å². The number of benzene rings is 1. The van der Waals surface area contributed by atoms with E-state index in [2.05, 4.69) is 35.3 Å². The summed E-state index contributed by atoms with van der Waals surface area (Å²) in [5.74, 6) is 0.226. The van der Waals surface area contributed by atoms with Crippen molar-refractivity contribution in [2.45, 2.75) is 26.4 Å². The standard InChI is InChI=1S/C15H19FN2O/c1-3-7-18-8-6-12(11-18)10-17-14-5-4-13(16)9-15(14)19-2/h4-6,8-9,11,17H,3,7,10H2,1-2H3. The van der Waals surface area contributed by atoms with E-state index in [0.29, 0.717) is 12.3 Å². The van der Waals surface area contributed by atoms with Crippen molar-refractivity contribution in [3.63, 3.8) is 0 Å². The maximum Gasteiger partial charge on any atom is 0.144 e. The van der Waals surface area contributed by atoms with Crippen LogP contribution < -0.4 is 10.1 Å². The molecule has 2 aromatic rings. The quantitative estimate of drug-likeness (QED) is 0.860. The van der Waals surface area contributed by atoms with Gasteiger partial charge in [-0.15, -0.1) is 0 Å². The highest BCUT2D eigenvalue weighted by Crippen LogP contribution is 2.25. The van der Waals surface area contributed by atoms with Crippen LogP contribution in [0.2, 0.25) is 0 Å². The van der Waals surface area contributed by atoms with Crippen LogP contribution in [-0.4, -0.2) is 11.7 Å². The first kappa shape index (κ1) is 13.5. The summed E-state index contributed by atoms with van der Waals surface area (Å²) in [7, 11) is 1.54. The lowest BCUT2D eigenvalue weighted by atomic mass is 10.2.